The van der Waals surface area contributed by atoms with Gasteiger partial charge in [0.25, 0.3) is 0 Å². The Kier molecular flexibility index (Phi) is 14.4. The number of hydrogen-bond acceptors (Lipinski definition) is 7. The van der Waals surface area contributed by atoms with Crippen LogP contribution in [-0.2, 0) is 9.13 Å². The van der Waals surface area contributed by atoms with E-state index in [1.807, 2.05) is 0 Å². The van der Waals surface area contributed by atoms with Gasteiger partial charge in [0.2, 0.25) is 0 Å². The Morgan fingerprint density at radius 2 is 0.852 bits per heavy atom. The van der Waals surface area contributed by atoms with Gasteiger partial charge in [-0.3, -0.25) is 0 Å². The lowest BCUT2D eigenvalue weighted by molar-refractivity contribution is -0.349. The highest BCUT2D eigenvalue weighted by Gasteiger charge is 2.34. The molecule has 0 aliphatic heterocycles. The van der Waals surface area contributed by atoms with Crippen LogP contribution in [0, 0.1) is 0 Å². The zero-order chi connectivity index (χ0) is 20.8. The zero-order valence-electron chi connectivity index (χ0n) is 16.6. The van der Waals surface area contributed by atoms with Gasteiger partial charge < -0.3 is 33.8 Å². The van der Waals surface area contributed by atoms with Crippen molar-refractivity contribution in [2.45, 2.75) is 115 Å². The van der Waals surface area contributed by atoms with Crippen molar-refractivity contribution < 1.29 is 33.8 Å². The third-order valence-corrected chi connectivity index (χ3v) is 8.66. The van der Waals surface area contributed by atoms with E-state index in [1.165, 1.54) is 57.8 Å². The normalized spacial score (nSPS) is 13.3. The van der Waals surface area contributed by atoms with Crippen LogP contribution in [-0.4, -0.2) is 10.2 Å². The summed E-state index contributed by atoms with van der Waals surface area (Å²) in [6.45, 7) is 2.22. The van der Waals surface area contributed by atoms with E-state index >= 15 is 0 Å². The van der Waals surface area contributed by atoms with E-state index in [9.17, 15) is 33.8 Å². The molecule has 0 amide bonds. The molecule has 0 aliphatic rings. The van der Waals surface area contributed by atoms with Crippen LogP contribution in [0.4, 0.5) is 0 Å². The maximum Gasteiger partial charge on any atom is 0.117 e. The first kappa shape index (κ1) is 27.3. The molecule has 0 aliphatic carbocycles. The molecule has 0 saturated heterocycles. The predicted molar refractivity (Wildman–Crippen MR) is 99.7 cm³/mol. The molecule has 0 bridgehead atoms. The first-order chi connectivity index (χ1) is 12.6. The molecule has 1 N–H and O–H groups in total. The Labute approximate surface area is 164 Å². The van der Waals surface area contributed by atoms with Gasteiger partial charge in [0.1, 0.15) is 5.08 Å². The highest BCUT2D eigenvalue weighted by atomic mass is 31.2. The molecule has 0 aromatic carbocycles. The first-order valence-corrected chi connectivity index (χ1v) is 13.4. The van der Waals surface area contributed by atoms with E-state index in [1.54, 1.807) is 0 Å². The fraction of sp³-hybridized carbons (Fsp3) is 1.00. The molecule has 0 aromatic rings. The number of hydrogen-bond donors (Lipinski definition) is 1. The van der Waals surface area contributed by atoms with Crippen molar-refractivity contribution in [2.24, 2.45) is 0 Å². The summed E-state index contributed by atoms with van der Waals surface area (Å²) in [6.07, 6.45) is 15.1. The average Bonchev–Trinajstić information content (AvgIpc) is 2.56. The Morgan fingerprint density at radius 3 is 1.11 bits per heavy atom. The fourth-order valence-electron chi connectivity index (χ4n) is 3.16. The molecule has 0 radical (unpaired) electrons. The van der Waals surface area contributed by atoms with Crippen molar-refractivity contribution in [3.63, 3.8) is 0 Å². The van der Waals surface area contributed by atoms with Crippen LogP contribution in [0.25, 0.3) is 0 Å². The Balaban J connectivity index is 3.62. The van der Waals surface area contributed by atoms with Gasteiger partial charge in [-0.15, -0.1) is 0 Å². The van der Waals surface area contributed by atoms with E-state index in [0.717, 1.165) is 25.7 Å². The minimum absolute atomic E-state index is 0.0114. The van der Waals surface area contributed by atoms with Gasteiger partial charge in [-0.1, -0.05) is 96.8 Å². The monoisotopic (exact) mass is 426 g/mol. The van der Waals surface area contributed by atoms with Crippen LogP contribution < -0.4 is 19.6 Å². The smallest absolute Gasteiger partial charge is 0.117 e. The van der Waals surface area contributed by atoms with Crippen molar-refractivity contribution in [3.8, 4) is 0 Å². The van der Waals surface area contributed by atoms with Crippen LogP contribution >= 0.6 is 15.2 Å². The second-order valence-corrected chi connectivity index (χ2v) is 11.3. The summed E-state index contributed by atoms with van der Waals surface area (Å²) in [6, 6.07) is 0. The summed E-state index contributed by atoms with van der Waals surface area (Å²) in [5.41, 5.74) is 0. The molecule has 0 spiro atoms. The van der Waals surface area contributed by atoms with Crippen LogP contribution in [0.3, 0.4) is 0 Å². The maximum absolute atomic E-state index is 10.9. The van der Waals surface area contributed by atoms with E-state index in [-0.39, 0.29) is 6.42 Å². The average molecular weight is 426 g/mol. The lowest BCUT2D eigenvalue weighted by Gasteiger charge is -2.56. The van der Waals surface area contributed by atoms with Gasteiger partial charge in [0, 0.05) is 0 Å². The van der Waals surface area contributed by atoms with Crippen molar-refractivity contribution in [1.29, 1.82) is 0 Å². The molecule has 0 rings (SSSR count). The van der Waals surface area contributed by atoms with Gasteiger partial charge in [-0.2, -0.15) is 0 Å². The van der Waals surface area contributed by atoms with Crippen LogP contribution in [0.15, 0.2) is 0 Å². The summed E-state index contributed by atoms with van der Waals surface area (Å²) in [7, 11) is -11.9. The number of rotatable bonds is 18. The van der Waals surface area contributed by atoms with E-state index < -0.39 is 26.7 Å². The molecule has 7 nitrogen and oxygen atoms in total. The molecule has 27 heavy (non-hydrogen) atoms. The van der Waals surface area contributed by atoms with Gasteiger partial charge in [0.15, 0.2) is 0 Å². The molecular weight excluding hydrogens is 390 g/mol. The highest BCUT2D eigenvalue weighted by molar-refractivity contribution is 7.69. The van der Waals surface area contributed by atoms with Gasteiger partial charge >= 0.3 is 0 Å². The standard InChI is InChI=1S/C18H40O7P2/c1-2-3-4-5-6-7-8-9-10-11-12-13-14-15-16-17-18(19,26(20,21)22)27(23,24)25/h19H,2-17H2,1H3,(H2,20,21,22)(H2,23,24,25)/p-4. The molecule has 9 heteroatoms. The molecule has 164 valence electrons. The van der Waals surface area contributed by atoms with Crippen LogP contribution in [0.1, 0.15) is 110 Å². The van der Waals surface area contributed by atoms with E-state index in [4.69, 9.17) is 0 Å². The number of aliphatic hydroxyl groups is 1. The fourth-order valence-corrected chi connectivity index (χ4v) is 5.22. The third kappa shape index (κ3) is 11.8. The lowest BCUT2D eigenvalue weighted by atomic mass is 10.0. The van der Waals surface area contributed by atoms with Crippen molar-refractivity contribution >= 4 is 15.2 Å². The van der Waals surface area contributed by atoms with Gasteiger partial charge in [-0.25, -0.2) is 0 Å². The second kappa shape index (κ2) is 14.3. The van der Waals surface area contributed by atoms with Crippen molar-refractivity contribution in [1.82, 2.24) is 0 Å². The molecule has 0 saturated carbocycles. The van der Waals surface area contributed by atoms with E-state index in [0.29, 0.717) is 6.42 Å². The second-order valence-electron chi connectivity index (χ2n) is 7.47. The first-order valence-electron chi connectivity index (χ1n) is 10.3. The maximum atomic E-state index is 10.9. The Hall–Kier alpha value is 0.260. The predicted octanol–water partition coefficient (Wildman–Crippen LogP) is 2.72. The Morgan fingerprint density at radius 1 is 0.593 bits per heavy atom. The largest absolute Gasteiger partial charge is 0.808 e. The molecule has 0 atom stereocenters. The van der Waals surface area contributed by atoms with Crippen molar-refractivity contribution in [2.75, 3.05) is 0 Å². The Bertz CT molecular complexity index is 437. The number of unbranched alkanes of at least 4 members (excludes halogenated alkanes) is 14. The molecule has 0 aromatic heterocycles. The van der Waals surface area contributed by atoms with Gasteiger partial charge in [-0.05, 0) is 28.0 Å². The zero-order valence-corrected chi connectivity index (χ0v) is 18.4. The summed E-state index contributed by atoms with van der Waals surface area (Å²) in [5, 5.41) is 5.81. The van der Waals surface area contributed by atoms with Crippen molar-refractivity contribution in [3.05, 3.63) is 0 Å². The van der Waals surface area contributed by atoms with Crippen LogP contribution in [0.5, 0.6) is 0 Å². The van der Waals surface area contributed by atoms with Crippen LogP contribution in [0.2, 0.25) is 0 Å². The topological polar surface area (TPSA) is 147 Å². The summed E-state index contributed by atoms with van der Waals surface area (Å²) < 4.78 is 21.9. The summed E-state index contributed by atoms with van der Waals surface area (Å²) in [4.78, 5) is 43.7. The quantitative estimate of drug-likeness (QED) is 0.262. The molecular formula is C18H36O7P2-4. The van der Waals surface area contributed by atoms with E-state index in [2.05, 4.69) is 6.92 Å². The molecule has 0 fully saturated rings. The minimum Gasteiger partial charge on any atom is -0.808 e. The van der Waals surface area contributed by atoms with Gasteiger partial charge in [0.05, 0.1) is 0 Å². The highest BCUT2D eigenvalue weighted by Crippen LogP contribution is 2.61. The lowest BCUT2D eigenvalue weighted by Crippen LogP contribution is -2.45. The molecule has 0 heterocycles. The summed E-state index contributed by atoms with van der Waals surface area (Å²) in [5.74, 6) is 0. The molecule has 0 unspecified atom stereocenters. The summed E-state index contributed by atoms with van der Waals surface area (Å²) >= 11 is 0. The third-order valence-electron chi connectivity index (χ3n) is 4.99. The SMILES string of the molecule is CCCCCCCCCCCCCCCCCC(O)(P(=O)([O-])[O-])P(=O)([O-])[O-]. The minimum atomic E-state index is -5.93.